The molecule has 2 heterocycles. The van der Waals surface area contributed by atoms with Gasteiger partial charge in [0.2, 0.25) is 0 Å². The molecule has 0 amide bonds. The van der Waals surface area contributed by atoms with Crippen molar-refractivity contribution in [2.45, 2.75) is 0 Å². The molecule has 0 fully saturated rings. The number of aromatic amines is 1. The average molecular weight is 152 g/mol. The van der Waals surface area contributed by atoms with Crippen LogP contribution in [0.25, 0.3) is 5.52 Å². The minimum absolute atomic E-state index is 0.324. The van der Waals surface area contributed by atoms with Crippen LogP contribution in [0.4, 0.5) is 0 Å². The van der Waals surface area contributed by atoms with Crippen LogP contribution in [0, 0.1) is 0 Å². The van der Waals surface area contributed by atoms with Crippen molar-refractivity contribution in [3.05, 3.63) is 39.3 Å². The fraction of sp³-hybridized carbons (Fsp3) is 0. The second-order valence-electron chi connectivity index (χ2n) is 2.05. The first-order valence-electron chi connectivity index (χ1n) is 2.98. The second kappa shape index (κ2) is 1.85. The number of H-pyrrole nitrogens is 1. The Morgan fingerprint density at radius 3 is 3.09 bits per heavy atom. The number of fused-ring (bicyclic) bond motifs is 1. The van der Waals surface area contributed by atoms with Crippen molar-refractivity contribution in [1.82, 2.24) is 9.61 Å². The zero-order chi connectivity index (χ0) is 7.84. The fourth-order valence-electron chi connectivity index (χ4n) is 0.902. The van der Waals surface area contributed by atoms with Gasteiger partial charge < -0.3 is 4.42 Å². The maximum absolute atomic E-state index is 10.9. The molecule has 5 nitrogen and oxygen atoms in total. The first-order chi connectivity index (χ1) is 5.27. The highest BCUT2D eigenvalue weighted by Gasteiger charge is 1.98. The van der Waals surface area contributed by atoms with Crippen LogP contribution in [0.1, 0.15) is 0 Å². The molecule has 2 aromatic rings. The Bertz CT molecular complexity index is 490. The van der Waals surface area contributed by atoms with Gasteiger partial charge in [-0.1, -0.05) is 0 Å². The van der Waals surface area contributed by atoms with Crippen LogP contribution in [-0.2, 0) is 0 Å². The Hall–Kier alpha value is -1.78. The number of hydrogen-bond acceptors (Lipinski definition) is 3. The van der Waals surface area contributed by atoms with E-state index in [9.17, 15) is 9.59 Å². The molecule has 56 valence electrons. The van der Waals surface area contributed by atoms with E-state index in [1.807, 2.05) is 0 Å². The molecule has 11 heavy (non-hydrogen) atoms. The molecule has 1 N–H and O–H groups in total. The topological polar surface area (TPSA) is 67.5 Å². The molecule has 0 saturated carbocycles. The Balaban J connectivity index is 3.15. The quantitative estimate of drug-likeness (QED) is 0.557. The van der Waals surface area contributed by atoms with Crippen molar-refractivity contribution in [3.63, 3.8) is 0 Å². The van der Waals surface area contributed by atoms with Crippen molar-refractivity contribution < 1.29 is 4.42 Å². The molecule has 0 radical (unpaired) electrons. The van der Waals surface area contributed by atoms with E-state index in [1.54, 1.807) is 18.3 Å². The third kappa shape index (κ3) is 0.778. The lowest BCUT2D eigenvalue weighted by Crippen LogP contribution is -2.18. The Labute approximate surface area is 59.9 Å². The molecule has 0 atom stereocenters. The van der Waals surface area contributed by atoms with Gasteiger partial charge in [0.15, 0.2) is 0 Å². The lowest BCUT2D eigenvalue weighted by Gasteiger charge is -1.88. The van der Waals surface area contributed by atoms with Gasteiger partial charge in [-0.3, -0.25) is 4.52 Å². The summed E-state index contributed by atoms with van der Waals surface area (Å²) in [7, 11) is 0. The van der Waals surface area contributed by atoms with Crippen molar-refractivity contribution in [2.24, 2.45) is 0 Å². The van der Waals surface area contributed by atoms with Crippen LogP contribution in [-0.4, -0.2) is 9.61 Å². The number of nitrogens with zero attached hydrogens (tertiary/aromatic N) is 1. The van der Waals surface area contributed by atoms with Crippen LogP contribution >= 0.6 is 0 Å². The summed E-state index contributed by atoms with van der Waals surface area (Å²) < 4.78 is 5.57. The smallest absolute Gasteiger partial charge is 0.370 e. The summed E-state index contributed by atoms with van der Waals surface area (Å²) in [5, 5.41) is 2.30. The summed E-state index contributed by atoms with van der Waals surface area (Å²) in [6.45, 7) is 0. The molecule has 2 rings (SSSR count). The maximum Gasteiger partial charge on any atom is 0.434 e. The highest BCUT2D eigenvalue weighted by molar-refractivity contribution is 5.41. The Morgan fingerprint density at radius 2 is 2.27 bits per heavy atom. The molecular weight excluding hydrogens is 148 g/mol. The van der Waals surface area contributed by atoms with Crippen molar-refractivity contribution >= 4 is 5.52 Å². The lowest BCUT2D eigenvalue weighted by molar-refractivity contribution is 0.435. The molecule has 2 aromatic heterocycles. The predicted molar refractivity (Wildman–Crippen MR) is 36.6 cm³/mol. The minimum Gasteiger partial charge on any atom is -0.370 e. The van der Waals surface area contributed by atoms with E-state index < -0.39 is 11.4 Å². The first-order valence-corrected chi connectivity index (χ1v) is 2.98. The maximum atomic E-state index is 10.9. The lowest BCUT2D eigenvalue weighted by atomic mass is 10.6. The third-order valence-electron chi connectivity index (χ3n) is 1.36. The second-order valence-corrected chi connectivity index (χ2v) is 2.05. The van der Waals surface area contributed by atoms with Crippen LogP contribution in [0.3, 0.4) is 0 Å². The zero-order valence-electron chi connectivity index (χ0n) is 5.40. The van der Waals surface area contributed by atoms with Crippen LogP contribution < -0.4 is 11.4 Å². The molecule has 5 heteroatoms. The molecule has 0 saturated heterocycles. The number of rotatable bonds is 0. The summed E-state index contributed by atoms with van der Waals surface area (Å²) in [6.07, 6.45) is 1.56. The minimum atomic E-state index is -0.751. The SMILES string of the molecule is O=c1[nH]n2cccc2c(=O)o1. The summed E-state index contributed by atoms with van der Waals surface area (Å²) >= 11 is 0. The van der Waals surface area contributed by atoms with E-state index in [0.29, 0.717) is 5.52 Å². The van der Waals surface area contributed by atoms with Crippen molar-refractivity contribution in [1.29, 1.82) is 0 Å². The highest BCUT2D eigenvalue weighted by Crippen LogP contribution is 1.91. The van der Waals surface area contributed by atoms with Gasteiger partial charge in [0.25, 0.3) is 0 Å². The van der Waals surface area contributed by atoms with E-state index in [4.69, 9.17) is 0 Å². The average Bonchev–Trinajstić information content (AvgIpc) is 2.34. The molecule has 0 bridgehead atoms. The Kier molecular flexibility index (Phi) is 1.00. The molecule has 0 spiro atoms. The normalized spacial score (nSPS) is 10.5. The summed E-state index contributed by atoms with van der Waals surface area (Å²) in [5.74, 6) is -0.751. The summed E-state index contributed by atoms with van der Waals surface area (Å²) in [6, 6.07) is 3.20. The summed E-state index contributed by atoms with van der Waals surface area (Å²) in [5.41, 5.74) is -0.302. The third-order valence-corrected chi connectivity index (χ3v) is 1.36. The van der Waals surface area contributed by atoms with E-state index >= 15 is 0 Å². The molecule has 0 aliphatic rings. The van der Waals surface area contributed by atoms with Gasteiger partial charge >= 0.3 is 11.4 Å². The molecular formula is C6H4N2O3. The zero-order valence-corrected chi connectivity index (χ0v) is 5.40. The summed E-state index contributed by atoms with van der Waals surface area (Å²) in [4.78, 5) is 21.4. The molecule has 0 aliphatic carbocycles. The van der Waals surface area contributed by atoms with E-state index in [1.165, 1.54) is 4.52 Å². The molecule has 0 aromatic carbocycles. The van der Waals surface area contributed by atoms with E-state index in [-0.39, 0.29) is 0 Å². The first kappa shape index (κ1) is 5.96. The van der Waals surface area contributed by atoms with Crippen LogP contribution in [0.2, 0.25) is 0 Å². The monoisotopic (exact) mass is 152 g/mol. The van der Waals surface area contributed by atoms with Gasteiger partial charge in [-0.15, -0.1) is 0 Å². The van der Waals surface area contributed by atoms with Gasteiger partial charge in [0.1, 0.15) is 5.52 Å². The molecule has 0 aliphatic heterocycles. The fourth-order valence-corrected chi connectivity index (χ4v) is 0.902. The number of hydrogen-bond donors (Lipinski definition) is 1. The van der Waals surface area contributed by atoms with Gasteiger partial charge in [-0.05, 0) is 12.1 Å². The van der Waals surface area contributed by atoms with E-state index in [0.717, 1.165) is 0 Å². The van der Waals surface area contributed by atoms with E-state index in [2.05, 4.69) is 9.52 Å². The highest BCUT2D eigenvalue weighted by atomic mass is 16.4. The van der Waals surface area contributed by atoms with Crippen LogP contribution in [0.15, 0.2) is 32.3 Å². The van der Waals surface area contributed by atoms with Gasteiger partial charge in [0.05, 0.1) is 0 Å². The van der Waals surface area contributed by atoms with Gasteiger partial charge in [0, 0.05) is 6.20 Å². The van der Waals surface area contributed by atoms with Gasteiger partial charge in [-0.25, -0.2) is 14.7 Å². The van der Waals surface area contributed by atoms with Crippen molar-refractivity contribution in [3.8, 4) is 0 Å². The number of aromatic nitrogens is 2. The standard InChI is InChI=1S/C6H4N2O3/c9-5-4-2-1-3-8(4)7-6(10)11-5/h1-3H,(H,7,10). The van der Waals surface area contributed by atoms with Crippen molar-refractivity contribution in [2.75, 3.05) is 0 Å². The number of nitrogens with one attached hydrogen (secondary N) is 1. The predicted octanol–water partition coefficient (Wildman–Crippen LogP) is -0.419. The van der Waals surface area contributed by atoms with Gasteiger partial charge in [-0.2, -0.15) is 0 Å². The largest absolute Gasteiger partial charge is 0.434 e. The Morgan fingerprint density at radius 1 is 1.45 bits per heavy atom. The van der Waals surface area contributed by atoms with Crippen LogP contribution in [0.5, 0.6) is 0 Å². The molecule has 0 unspecified atom stereocenters.